The highest BCUT2D eigenvalue weighted by atomic mass is 16.6. The Morgan fingerprint density at radius 1 is 1.02 bits per heavy atom. The van der Waals surface area contributed by atoms with E-state index in [4.69, 9.17) is 9.47 Å². The van der Waals surface area contributed by atoms with E-state index in [1.54, 1.807) is 71.2 Å². The number of aliphatic hydroxyl groups excluding tert-OH is 1. The molecule has 0 fully saturated rings. The van der Waals surface area contributed by atoms with E-state index in [0.717, 1.165) is 19.3 Å². The molecule has 2 atom stereocenters. The summed E-state index contributed by atoms with van der Waals surface area (Å²) in [7, 11) is 1.54. The lowest BCUT2D eigenvalue weighted by Gasteiger charge is -2.34. The molecule has 0 spiro atoms. The number of nitrogens with one attached hydrogen (secondary N) is 2. The molecule has 0 saturated heterocycles. The zero-order valence-electron chi connectivity index (χ0n) is 24.3. The molecule has 2 unspecified atom stereocenters. The Bertz CT molecular complexity index is 1130. The van der Waals surface area contributed by atoms with E-state index in [0.29, 0.717) is 29.0 Å². The number of rotatable bonds is 13. The fourth-order valence-electron chi connectivity index (χ4n) is 4.12. The van der Waals surface area contributed by atoms with E-state index in [9.17, 15) is 24.6 Å². The van der Waals surface area contributed by atoms with Crippen LogP contribution in [0.25, 0.3) is 0 Å². The first-order valence-corrected chi connectivity index (χ1v) is 13.6. The predicted molar refractivity (Wildman–Crippen MR) is 153 cm³/mol. The molecule has 3 amide bonds. The van der Waals surface area contributed by atoms with Gasteiger partial charge in [0.25, 0.3) is 5.91 Å². The summed E-state index contributed by atoms with van der Waals surface area (Å²) in [6, 6.07) is 9.02. The molecular weight excluding hydrogens is 514 g/mol. The Kier molecular flexibility index (Phi) is 12.3. The number of alkyl carbamates (subject to hydrolysis) is 1. The predicted octanol–water partition coefficient (Wildman–Crippen LogP) is 4.68. The van der Waals surface area contributed by atoms with Gasteiger partial charge < -0.3 is 35.2 Å². The topological polar surface area (TPSA) is 137 Å². The average molecular weight is 558 g/mol. The number of phenols is 1. The molecule has 0 aromatic heterocycles. The van der Waals surface area contributed by atoms with Gasteiger partial charge in [-0.1, -0.05) is 32.3 Å². The molecule has 2 rings (SSSR count). The Morgan fingerprint density at radius 3 is 2.25 bits per heavy atom. The molecule has 220 valence electrons. The van der Waals surface area contributed by atoms with Crippen LogP contribution in [0.3, 0.4) is 0 Å². The summed E-state index contributed by atoms with van der Waals surface area (Å²) in [5.41, 5.74) is 0.690. The highest BCUT2D eigenvalue weighted by molar-refractivity contribution is 5.99. The number of benzene rings is 2. The minimum absolute atomic E-state index is 0.0544. The van der Waals surface area contributed by atoms with Gasteiger partial charge in [0.1, 0.15) is 29.2 Å². The number of unbranched alkanes of at least 4 members (excludes halogenated alkanes) is 3. The van der Waals surface area contributed by atoms with Crippen molar-refractivity contribution < 1.29 is 34.1 Å². The Hall–Kier alpha value is -3.79. The van der Waals surface area contributed by atoms with Gasteiger partial charge in [0.2, 0.25) is 5.91 Å². The summed E-state index contributed by atoms with van der Waals surface area (Å²) in [4.78, 5) is 41.6. The van der Waals surface area contributed by atoms with Crippen molar-refractivity contribution in [2.75, 3.05) is 25.6 Å². The van der Waals surface area contributed by atoms with Gasteiger partial charge >= 0.3 is 6.09 Å². The van der Waals surface area contributed by atoms with Gasteiger partial charge in [0, 0.05) is 12.2 Å². The number of ether oxygens (including phenoxy) is 2. The minimum Gasteiger partial charge on any atom is -0.508 e. The number of hydrogen-bond donors (Lipinski definition) is 4. The fraction of sp³-hybridized carbons (Fsp3) is 0.500. The first-order valence-electron chi connectivity index (χ1n) is 13.6. The number of phenolic OH excluding ortho intramolecular Hbond substituents is 1. The maximum Gasteiger partial charge on any atom is 0.408 e. The van der Waals surface area contributed by atoms with Crippen LogP contribution in [-0.4, -0.2) is 64.9 Å². The van der Waals surface area contributed by atoms with Crippen molar-refractivity contribution in [3.63, 3.8) is 0 Å². The number of nitrogens with zero attached hydrogens (tertiary/aromatic N) is 1. The minimum atomic E-state index is -1.34. The summed E-state index contributed by atoms with van der Waals surface area (Å²) in [6.45, 7) is 8.35. The van der Waals surface area contributed by atoms with Crippen LogP contribution in [0.15, 0.2) is 42.5 Å². The average Bonchev–Trinajstić information content (AvgIpc) is 2.89. The lowest BCUT2D eigenvalue weighted by Crippen LogP contribution is -2.54. The summed E-state index contributed by atoms with van der Waals surface area (Å²) in [6.07, 6.45) is 2.50. The van der Waals surface area contributed by atoms with Crippen molar-refractivity contribution in [2.45, 2.75) is 78.0 Å². The molecule has 0 aliphatic rings. The second kappa shape index (κ2) is 15.1. The molecule has 10 heteroatoms. The van der Waals surface area contributed by atoms with E-state index in [1.165, 1.54) is 11.0 Å². The second-order valence-electron chi connectivity index (χ2n) is 10.6. The Labute approximate surface area is 236 Å². The first kappa shape index (κ1) is 32.4. The Balaban J connectivity index is 2.50. The highest BCUT2D eigenvalue weighted by Gasteiger charge is 2.36. The highest BCUT2D eigenvalue weighted by Crippen LogP contribution is 2.29. The fourth-order valence-corrected chi connectivity index (χ4v) is 4.12. The van der Waals surface area contributed by atoms with Crippen LogP contribution in [0.2, 0.25) is 0 Å². The molecular formula is C30H43N3O7. The summed E-state index contributed by atoms with van der Waals surface area (Å²) < 4.78 is 10.5. The standard InChI is InChI=1S/C30H43N3O7/c1-7-8-9-10-17-33(28(37)24(19-34)32-29(38)40-30(3,4)5)26(21-11-16-25(35)20(2)18-21)27(36)31-22-12-14-23(39-6)15-13-22/h11-16,18,24,26,34-35H,7-10,17,19H2,1-6H3,(H,31,36)(H,32,38). The maximum absolute atomic E-state index is 13.9. The largest absolute Gasteiger partial charge is 0.508 e. The van der Waals surface area contributed by atoms with Crippen molar-refractivity contribution in [1.82, 2.24) is 10.2 Å². The zero-order valence-corrected chi connectivity index (χ0v) is 24.3. The number of amides is 3. The van der Waals surface area contributed by atoms with Crippen molar-refractivity contribution in [3.05, 3.63) is 53.6 Å². The van der Waals surface area contributed by atoms with E-state index in [2.05, 4.69) is 17.6 Å². The van der Waals surface area contributed by atoms with E-state index < -0.39 is 42.2 Å². The zero-order chi connectivity index (χ0) is 29.9. The van der Waals surface area contributed by atoms with Crippen molar-refractivity contribution in [3.8, 4) is 11.5 Å². The second-order valence-corrected chi connectivity index (χ2v) is 10.6. The number of hydrogen-bond acceptors (Lipinski definition) is 7. The lowest BCUT2D eigenvalue weighted by atomic mass is 9.99. The van der Waals surface area contributed by atoms with Gasteiger partial charge in [-0.2, -0.15) is 0 Å². The number of carbonyl (C=O) groups is 3. The van der Waals surface area contributed by atoms with Crippen molar-refractivity contribution in [2.24, 2.45) is 0 Å². The van der Waals surface area contributed by atoms with Gasteiger partial charge in [-0.25, -0.2) is 4.79 Å². The molecule has 0 bridgehead atoms. The van der Waals surface area contributed by atoms with Crippen molar-refractivity contribution >= 4 is 23.6 Å². The molecule has 2 aromatic rings. The maximum atomic E-state index is 13.9. The van der Waals surface area contributed by atoms with Crippen LogP contribution in [0, 0.1) is 6.92 Å². The first-order chi connectivity index (χ1) is 18.9. The van der Waals surface area contributed by atoms with Crippen molar-refractivity contribution in [1.29, 1.82) is 0 Å². The normalized spacial score (nSPS) is 12.7. The third-order valence-corrected chi connectivity index (χ3v) is 6.16. The molecule has 0 saturated carbocycles. The van der Waals surface area contributed by atoms with Crippen LogP contribution in [0.5, 0.6) is 11.5 Å². The SMILES string of the molecule is CCCCCCN(C(=O)C(CO)NC(=O)OC(C)(C)C)C(C(=O)Nc1ccc(OC)cc1)c1ccc(O)c(C)c1. The number of aryl methyl sites for hydroxylation is 1. The van der Waals surface area contributed by atoms with Crippen LogP contribution in [-0.2, 0) is 14.3 Å². The van der Waals surface area contributed by atoms with E-state index >= 15 is 0 Å². The monoisotopic (exact) mass is 557 g/mol. The van der Waals surface area contributed by atoms with E-state index in [-0.39, 0.29) is 12.3 Å². The number of aromatic hydroxyl groups is 1. The van der Waals surface area contributed by atoms with Gasteiger partial charge in [0.05, 0.1) is 13.7 Å². The summed E-state index contributed by atoms with van der Waals surface area (Å²) >= 11 is 0. The molecule has 0 radical (unpaired) electrons. The molecule has 0 heterocycles. The van der Waals surface area contributed by atoms with Gasteiger partial charge in [-0.15, -0.1) is 0 Å². The molecule has 4 N–H and O–H groups in total. The third-order valence-electron chi connectivity index (χ3n) is 6.16. The molecule has 0 aliphatic carbocycles. The number of methoxy groups -OCH3 is 1. The molecule has 10 nitrogen and oxygen atoms in total. The van der Waals surface area contributed by atoms with Gasteiger partial charge in [-0.3, -0.25) is 9.59 Å². The van der Waals surface area contributed by atoms with Gasteiger partial charge in [0.15, 0.2) is 0 Å². The summed E-state index contributed by atoms with van der Waals surface area (Å²) in [5, 5.41) is 25.5. The quantitative estimate of drug-likeness (QED) is 0.262. The van der Waals surface area contributed by atoms with Crippen LogP contribution < -0.4 is 15.4 Å². The number of carbonyl (C=O) groups excluding carboxylic acids is 3. The third kappa shape index (κ3) is 9.75. The van der Waals surface area contributed by atoms with Crippen LogP contribution >= 0.6 is 0 Å². The lowest BCUT2D eigenvalue weighted by molar-refractivity contribution is -0.141. The molecule has 0 aliphatic heterocycles. The smallest absolute Gasteiger partial charge is 0.408 e. The number of anilines is 1. The number of aliphatic hydroxyl groups is 1. The summed E-state index contributed by atoms with van der Waals surface area (Å²) in [5.74, 6) is -0.451. The molecule has 2 aromatic carbocycles. The molecule has 40 heavy (non-hydrogen) atoms. The Morgan fingerprint density at radius 2 is 1.70 bits per heavy atom. The van der Waals surface area contributed by atoms with Crippen LogP contribution in [0.1, 0.15) is 70.5 Å². The van der Waals surface area contributed by atoms with E-state index in [1.807, 2.05) is 0 Å². The van der Waals surface area contributed by atoms with Crippen LogP contribution in [0.4, 0.5) is 10.5 Å². The van der Waals surface area contributed by atoms with Gasteiger partial charge in [-0.05, 0) is 81.6 Å².